The molecule has 1 N–H and O–H groups in total. The van der Waals surface area contributed by atoms with Crippen LogP contribution in [0.2, 0.25) is 0 Å². The fourth-order valence-electron chi connectivity index (χ4n) is 3.32. The lowest BCUT2D eigenvalue weighted by Crippen LogP contribution is -2.35. The highest BCUT2D eigenvalue weighted by molar-refractivity contribution is 5.85. The van der Waals surface area contributed by atoms with Gasteiger partial charge in [-0.15, -0.1) is 0 Å². The van der Waals surface area contributed by atoms with E-state index in [0.717, 1.165) is 25.3 Å². The van der Waals surface area contributed by atoms with Crippen LogP contribution in [0.3, 0.4) is 0 Å². The largest absolute Gasteiger partial charge is 0.374 e. The van der Waals surface area contributed by atoms with E-state index < -0.39 is 6.23 Å². The maximum atomic E-state index is 9.66. The molecule has 1 aliphatic heterocycles. The molecule has 24 heavy (non-hydrogen) atoms. The van der Waals surface area contributed by atoms with Gasteiger partial charge in [0.15, 0.2) is 0 Å². The summed E-state index contributed by atoms with van der Waals surface area (Å²) in [6.07, 6.45) is 21.6. The lowest BCUT2D eigenvalue weighted by Gasteiger charge is -2.22. The summed E-state index contributed by atoms with van der Waals surface area (Å²) in [5.74, 6) is 1.04. The Balaban J connectivity index is 1.87. The van der Waals surface area contributed by atoms with Crippen molar-refractivity contribution in [2.75, 3.05) is 13.1 Å². The molecular formula is C21H40N2O. The van der Waals surface area contributed by atoms with Gasteiger partial charge in [0, 0.05) is 13.0 Å². The lowest BCUT2D eigenvalue weighted by molar-refractivity contribution is 0.0771. The number of nitrogens with zero attached hydrogens (tertiary/aromatic N) is 2. The zero-order valence-electron chi connectivity index (χ0n) is 16.2. The van der Waals surface area contributed by atoms with Crippen LogP contribution in [0.4, 0.5) is 0 Å². The van der Waals surface area contributed by atoms with Crippen molar-refractivity contribution in [2.45, 2.75) is 104 Å². The second-order valence-corrected chi connectivity index (χ2v) is 7.12. The first-order valence-corrected chi connectivity index (χ1v) is 10.4. The van der Waals surface area contributed by atoms with E-state index in [2.05, 4.69) is 24.1 Å². The van der Waals surface area contributed by atoms with Crippen LogP contribution in [0.25, 0.3) is 0 Å². The van der Waals surface area contributed by atoms with Crippen LogP contribution in [0.1, 0.15) is 97.3 Å². The Morgan fingerprint density at radius 1 is 0.958 bits per heavy atom. The normalized spacial score (nSPS) is 16.1. The fraction of sp³-hybridized carbons (Fsp3) is 0.857. The lowest BCUT2D eigenvalue weighted by atomic mass is 10.1. The number of amidine groups is 1. The van der Waals surface area contributed by atoms with Crippen LogP contribution < -0.4 is 0 Å². The van der Waals surface area contributed by atoms with Crippen LogP contribution in [0.15, 0.2) is 17.1 Å². The van der Waals surface area contributed by atoms with E-state index in [9.17, 15) is 5.11 Å². The third-order valence-electron chi connectivity index (χ3n) is 4.86. The van der Waals surface area contributed by atoms with Gasteiger partial charge in [-0.1, -0.05) is 83.3 Å². The third kappa shape index (κ3) is 10.1. The minimum atomic E-state index is -0.411. The van der Waals surface area contributed by atoms with Crippen molar-refractivity contribution in [3.05, 3.63) is 12.2 Å². The standard InChI is InChI=1S/C21H40N2O/c1-3-4-5-6-7-8-9-10-11-12-13-14-15-16-17-21-22-18-19-23(21)20(2)24/h15-16,20,24H,3-14,17-19H2,1-2H3/b16-15+. The summed E-state index contributed by atoms with van der Waals surface area (Å²) in [4.78, 5) is 6.46. The third-order valence-corrected chi connectivity index (χ3v) is 4.86. The molecule has 1 heterocycles. The molecule has 0 aliphatic carbocycles. The van der Waals surface area contributed by atoms with Gasteiger partial charge < -0.3 is 10.0 Å². The number of aliphatic hydroxyl groups is 1. The average Bonchev–Trinajstić information content (AvgIpc) is 3.04. The summed E-state index contributed by atoms with van der Waals surface area (Å²) >= 11 is 0. The maximum Gasteiger partial charge on any atom is 0.125 e. The quantitative estimate of drug-likeness (QED) is 0.308. The number of hydrogen-bond donors (Lipinski definition) is 1. The summed E-state index contributed by atoms with van der Waals surface area (Å²) in [5.41, 5.74) is 0. The van der Waals surface area contributed by atoms with E-state index >= 15 is 0 Å². The summed E-state index contributed by atoms with van der Waals surface area (Å²) in [6, 6.07) is 0. The summed E-state index contributed by atoms with van der Waals surface area (Å²) < 4.78 is 0. The van der Waals surface area contributed by atoms with Crippen LogP contribution in [-0.2, 0) is 0 Å². The Kier molecular flexibility index (Phi) is 12.8. The Hall–Kier alpha value is -0.830. The van der Waals surface area contributed by atoms with Crippen LogP contribution in [0.5, 0.6) is 0 Å². The topological polar surface area (TPSA) is 35.8 Å². The Morgan fingerprint density at radius 3 is 2.12 bits per heavy atom. The van der Waals surface area contributed by atoms with Gasteiger partial charge in [-0.25, -0.2) is 0 Å². The van der Waals surface area contributed by atoms with E-state index in [1.54, 1.807) is 0 Å². The predicted octanol–water partition coefficient (Wildman–Crippen LogP) is 5.69. The van der Waals surface area contributed by atoms with Crippen LogP contribution in [0, 0.1) is 0 Å². The molecule has 0 radical (unpaired) electrons. The van der Waals surface area contributed by atoms with Gasteiger partial charge in [-0.05, 0) is 19.8 Å². The Labute approximate surface area is 150 Å². The molecule has 0 aromatic rings. The van der Waals surface area contributed by atoms with Crippen molar-refractivity contribution in [3.63, 3.8) is 0 Å². The number of rotatable bonds is 15. The molecule has 0 bridgehead atoms. The molecular weight excluding hydrogens is 296 g/mol. The monoisotopic (exact) mass is 336 g/mol. The number of aliphatic imine (C=N–C) groups is 1. The molecule has 0 spiro atoms. The van der Waals surface area contributed by atoms with E-state index in [1.807, 2.05) is 11.8 Å². The minimum Gasteiger partial charge on any atom is -0.374 e. The zero-order chi connectivity index (χ0) is 17.5. The van der Waals surface area contributed by atoms with E-state index in [1.165, 1.54) is 77.0 Å². The molecule has 1 atom stereocenters. The van der Waals surface area contributed by atoms with E-state index in [4.69, 9.17) is 0 Å². The molecule has 0 amide bonds. The van der Waals surface area contributed by atoms with Crippen molar-refractivity contribution in [1.29, 1.82) is 0 Å². The first-order valence-electron chi connectivity index (χ1n) is 10.4. The first-order chi connectivity index (χ1) is 11.8. The second-order valence-electron chi connectivity index (χ2n) is 7.12. The number of hydrogen-bond acceptors (Lipinski definition) is 3. The van der Waals surface area contributed by atoms with E-state index in [0.29, 0.717) is 0 Å². The molecule has 1 rings (SSSR count). The van der Waals surface area contributed by atoms with Gasteiger partial charge >= 0.3 is 0 Å². The van der Waals surface area contributed by atoms with Gasteiger partial charge in [0.05, 0.1) is 6.54 Å². The van der Waals surface area contributed by atoms with Gasteiger partial charge in [0.2, 0.25) is 0 Å². The van der Waals surface area contributed by atoms with Gasteiger partial charge in [-0.2, -0.15) is 0 Å². The first kappa shape index (κ1) is 21.2. The predicted molar refractivity (Wildman–Crippen MR) is 106 cm³/mol. The van der Waals surface area contributed by atoms with E-state index in [-0.39, 0.29) is 0 Å². The van der Waals surface area contributed by atoms with Crippen LogP contribution >= 0.6 is 0 Å². The molecule has 1 unspecified atom stereocenters. The molecule has 0 aromatic carbocycles. The molecule has 0 saturated heterocycles. The number of allylic oxidation sites excluding steroid dienone is 1. The summed E-state index contributed by atoms with van der Waals surface area (Å²) in [7, 11) is 0. The highest BCUT2D eigenvalue weighted by Crippen LogP contribution is 2.13. The molecule has 0 fully saturated rings. The maximum absolute atomic E-state index is 9.66. The second kappa shape index (κ2) is 14.5. The summed E-state index contributed by atoms with van der Waals surface area (Å²) in [6.45, 7) is 5.78. The van der Waals surface area contributed by atoms with Crippen molar-refractivity contribution in [2.24, 2.45) is 4.99 Å². The van der Waals surface area contributed by atoms with Crippen molar-refractivity contribution < 1.29 is 5.11 Å². The average molecular weight is 337 g/mol. The number of unbranched alkanes of at least 4 members (excludes halogenated alkanes) is 11. The number of aliphatic hydroxyl groups excluding tert-OH is 1. The molecule has 0 saturated carbocycles. The minimum absolute atomic E-state index is 0.411. The SMILES string of the molecule is CCCCCCCCCCCCC/C=C/CC1=NCCN1C(C)O. The smallest absolute Gasteiger partial charge is 0.125 e. The highest BCUT2D eigenvalue weighted by Gasteiger charge is 2.18. The van der Waals surface area contributed by atoms with Gasteiger partial charge in [0.25, 0.3) is 0 Å². The van der Waals surface area contributed by atoms with Crippen molar-refractivity contribution in [1.82, 2.24) is 4.90 Å². The highest BCUT2D eigenvalue weighted by atomic mass is 16.3. The molecule has 140 valence electrons. The fourth-order valence-corrected chi connectivity index (χ4v) is 3.32. The zero-order valence-corrected chi connectivity index (χ0v) is 16.2. The molecule has 1 aliphatic rings. The molecule has 3 heteroatoms. The molecule has 0 aromatic heterocycles. The van der Waals surface area contributed by atoms with Gasteiger partial charge in [-0.3, -0.25) is 4.99 Å². The van der Waals surface area contributed by atoms with Crippen molar-refractivity contribution >= 4 is 5.84 Å². The summed E-state index contributed by atoms with van der Waals surface area (Å²) in [5, 5.41) is 9.66. The van der Waals surface area contributed by atoms with Crippen molar-refractivity contribution in [3.8, 4) is 0 Å². The van der Waals surface area contributed by atoms with Gasteiger partial charge in [0.1, 0.15) is 12.1 Å². The van der Waals surface area contributed by atoms with Crippen LogP contribution in [-0.4, -0.2) is 35.2 Å². The Bertz CT molecular complexity index is 350. The Morgan fingerprint density at radius 2 is 1.54 bits per heavy atom. The molecule has 3 nitrogen and oxygen atoms in total.